The number of benzene rings is 1. The lowest BCUT2D eigenvalue weighted by Gasteiger charge is -2.29. The topological polar surface area (TPSA) is 130 Å². The second kappa shape index (κ2) is 7.69. The van der Waals surface area contributed by atoms with Crippen LogP contribution in [0.5, 0.6) is 0 Å². The zero-order chi connectivity index (χ0) is 17.7. The lowest BCUT2D eigenvalue weighted by atomic mass is 10.0. The van der Waals surface area contributed by atoms with Crippen molar-refractivity contribution in [3.63, 3.8) is 0 Å². The number of rotatable bonds is 6. The van der Waals surface area contributed by atoms with Gasteiger partial charge in [-0.05, 0) is 12.0 Å². The Bertz CT molecular complexity index is 646. The summed E-state index contributed by atoms with van der Waals surface area (Å²) in [6, 6.07) is 6.40. The first-order chi connectivity index (χ1) is 11.4. The third-order valence-corrected chi connectivity index (χ3v) is 3.84. The van der Waals surface area contributed by atoms with E-state index < -0.39 is 36.4 Å². The molecule has 1 aromatic carbocycles. The van der Waals surface area contributed by atoms with Gasteiger partial charge in [0.25, 0.3) is 5.91 Å². The highest BCUT2D eigenvalue weighted by Crippen LogP contribution is 2.16. The van der Waals surface area contributed by atoms with E-state index >= 15 is 0 Å². The highest BCUT2D eigenvalue weighted by Gasteiger charge is 2.39. The zero-order valence-corrected chi connectivity index (χ0v) is 13.0. The minimum absolute atomic E-state index is 0.0334. The van der Waals surface area contributed by atoms with Crippen molar-refractivity contribution < 1.29 is 24.3 Å². The fourth-order valence-corrected chi connectivity index (χ4v) is 2.64. The quantitative estimate of drug-likeness (QED) is 0.629. The van der Waals surface area contributed by atoms with Crippen molar-refractivity contribution in [2.45, 2.75) is 31.3 Å². The van der Waals surface area contributed by atoms with Crippen molar-refractivity contribution in [3.8, 4) is 0 Å². The Morgan fingerprint density at radius 1 is 1.29 bits per heavy atom. The number of aliphatic carboxylic acids is 1. The third-order valence-electron chi connectivity index (χ3n) is 3.84. The largest absolute Gasteiger partial charge is 0.480 e. The molecule has 0 spiro atoms. The molecule has 8 heteroatoms. The summed E-state index contributed by atoms with van der Waals surface area (Å²) in [5.74, 6) is -3.13. The Morgan fingerprint density at radius 2 is 1.96 bits per heavy atom. The van der Waals surface area contributed by atoms with Gasteiger partial charge >= 0.3 is 5.97 Å². The van der Waals surface area contributed by atoms with E-state index in [1.54, 1.807) is 30.3 Å². The first-order valence-corrected chi connectivity index (χ1v) is 7.56. The maximum Gasteiger partial charge on any atom is 0.327 e. The number of carbonyl (C=O) groups excluding carboxylic acids is 3. The van der Waals surface area contributed by atoms with Crippen molar-refractivity contribution >= 4 is 23.7 Å². The van der Waals surface area contributed by atoms with Gasteiger partial charge in [-0.3, -0.25) is 19.3 Å². The lowest BCUT2D eigenvalue weighted by Crippen LogP contribution is -2.56. The number of amides is 3. The summed E-state index contributed by atoms with van der Waals surface area (Å²) in [4.78, 5) is 48.4. The van der Waals surface area contributed by atoms with E-state index in [-0.39, 0.29) is 25.2 Å². The molecule has 128 valence electrons. The Morgan fingerprint density at radius 3 is 2.46 bits per heavy atom. The second-order valence-electron chi connectivity index (χ2n) is 5.51. The number of hydrogen-bond donors (Lipinski definition) is 3. The number of carboxylic acid groups (broad SMARTS) is 1. The highest BCUT2D eigenvalue weighted by atomic mass is 16.4. The molecule has 0 saturated carbocycles. The molecule has 0 bridgehead atoms. The van der Waals surface area contributed by atoms with Gasteiger partial charge in [0, 0.05) is 12.8 Å². The minimum atomic E-state index is -1.38. The van der Waals surface area contributed by atoms with Gasteiger partial charge in [-0.15, -0.1) is 0 Å². The number of imide groups is 1. The molecule has 1 aromatic rings. The first kappa shape index (κ1) is 17.6. The van der Waals surface area contributed by atoms with E-state index in [0.717, 1.165) is 0 Å². The van der Waals surface area contributed by atoms with Crippen LogP contribution in [0.4, 0.5) is 0 Å². The van der Waals surface area contributed by atoms with Gasteiger partial charge < -0.3 is 16.2 Å². The van der Waals surface area contributed by atoms with E-state index in [4.69, 9.17) is 5.73 Å². The highest BCUT2D eigenvalue weighted by molar-refractivity contribution is 6.03. The molecule has 1 heterocycles. The molecule has 2 atom stereocenters. The van der Waals surface area contributed by atoms with Crippen LogP contribution < -0.4 is 11.1 Å². The molecule has 0 aromatic heterocycles. The van der Waals surface area contributed by atoms with Gasteiger partial charge in [-0.1, -0.05) is 30.3 Å². The summed E-state index contributed by atoms with van der Waals surface area (Å²) >= 11 is 0. The van der Waals surface area contributed by atoms with Crippen LogP contribution in [0, 0.1) is 0 Å². The molecule has 3 amide bonds. The smallest absolute Gasteiger partial charge is 0.327 e. The van der Waals surface area contributed by atoms with Gasteiger partial charge in [0.2, 0.25) is 11.8 Å². The number of carboxylic acids is 1. The summed E-state index contributed by atoms with van der Waals surface area (Å²) in [6.07, 6.45) is 0.357. The van der Waals surface area contributed by atoms with Crippen molar-refractivity contribution in [1.82, 2.24) is 10.2 Å². The Kier molecular flexibility index (Phi) is 5.64. The van der Waals surface area contributed by atoms with Crippen LogP contribution >= 0.6 is 0 Å². The van der Waals surface area contributed by atoms with Gasteiger partial charge in [0.1, 0.15) is 12.1 Å². The molecule has 1 saturated heterocycles. The maximum absolute atomic E-state index is 12.6. The number of nitrogens with zero attached hydrogens (tertiary/aromatic N) is 1. The summed E-state index contributed by atoms with van der Waals surface area (Å²) in [7, 11) is 0. The molecular formula is C16H19N3O5. The Labute approximate surface area is 138 Å². The molecule has 0 radical (unpaired) electrons. The predicted octanol–water partition coefficient (Wildman–Crippen LogP) is -0.725. The van der Waals surface area contributed by atoms with Crippen molar-refractivity contribution in [3.05, 3.63) is 35.9 Å². The van der Waals surface area contributed by atoms with Crippen LogP contribution in [0.15, 0.2) is 30.3 Å². The van der Waals surface area contributed by atoms with E-state index in [0.29, 0.717) is 10.5 Å². The maximum atomic E-state index is 12.6. The molecular weight excluding hydrogens is 314 g/mol. The predicted molar refractivity (Wildman–Crippen MR) is 83.6 cm³/mol. The van der Waals surface area contributed by atoms with Crippen molar-refractivity contribution in [2.24, 2.45) is 5.73 Å². The van der Waals surface area contributed by atoms with Crippen molar-refractivity contribution in [1.29, 1.82) is 0 Å². The van der Waals surface area contributed by atoms with Gasteiger partial charge in [0.15, 0.2) is 0 Å². The molecule has 2 rings (SSSR count). The molecule has 24 heavy (non-hydrogen) atoms. The average molecular weight is 333 g/mol. The number of hydrogen-bond acceptors (Lipinski definition) is 5. The molecule has 2 unspecified atom stereocenters. The number of nitrogens with one attached hydrogen (secondary N) is 1. The van der Waals surface area contributed by atoms with Crippen LogP contribution in [-0.2, 0) is 25.6 Å². The van der Waals surface area contributed by atoms with Crippen LogP contribution in [-0.4, -0.2) is 52.3 Å². The Hall–Kier alpha value is -2.74. The number of carbonyl (C=O) groups is 4. The van der Waals surface area contributed by atoms with Crippen molar-refractivity contribution in [2.75, 3.05) is 6.54 Å². The summed E-state index contributed by atoms with van der Waals surface area (Å²) < 4.78 is 0. The molecule has 1 aliphatic heterocycles. The van der Waals surface area contributed by atoms with Crippen LogP contribution in [0.2, 0.25) is 0 Å². The second-order valence-corrected chi connectivity index (χ2v) is 5.51. The molecule has 4 N–H and O–H groups in total. The van der Waals surface area contributed by atoms with E-state index in [1.807, 2.05) is 0 Å². The fourth-order valence-electron chi connectivity index (χ4n) is 2.64. The Balaban J connectivity index is 2.28. The summed E-state index contributed by atoms with van der Waals surface area (Å²) in [5, 5.41) is 12.0. The minimum Gasteiger partial charge on any atom is -0.480 e. The van der Waals surface area contributed by atoms with Gasteiger partial charge in [0.05, 0.1) is 6.54 Å². The third kappa shape index (κ3) is 3.96. The first-order valence-electron chi connectivity index (χ1n) is 7.56. The zero-order valence-electron chi connectivity index (χ0n) is 13.0. The molecule has 0 aliphatic carbocycles. The monoisotopic (exact) mass is 333 g/mol. The van der Waals surface area contributed by atoms with E-state index in [1.165, 1.54) is 0 Å². The SMILES string of the molecule is NCC(=O)N(C(=O)C1CCC(=O)N1)C(Cc1ccccc1)C(=O)O. The number of nitrogens with two attached hydrogens (primary N) is 1. The van der Waals surface area contributed by atoms with Crippen LogP contribution in [0.25, 0.3) is 0 Å². The van der Waals surface area contributed by atoms with Gasteiger partial charge in [-0.25, -0.2) is 4.79 Å². The van der Waals surface area contributed by atoms with Crippen LogP contribution in [0.1, 0.15) is 18.4 Å². The normalized spacial score (nSPS) is 17.9. The summed E-state index contributed by atoms with van der Waals surface area (Å²) in [6.45, 7) is -0.495. The van der Waals surface area contributed by atoms with Crippen LogP contribution in [0.3, 0.4) is 0 Å². The standard InChI is InChI=1S/C16H19N3O5/c17-9-14(21)19(15(22)11-6-7-13(20)18-11)12(16(23)24)8-10-4-2-1-3-5-10/h1-5,11-12H,6-9,17H2,(H,18,20)(H,23,24). The molecule has 1 aliphatic rings. The van der Waals surface area contributed by atoms with E-state index in [2.05, 4.69) is 5.32 Å². The molecule has 1 fully saturated rings. The fraction of sp³-hybridized carbons (Fsp3) is 0.375. The lowest BCUT2D eigenvalue weighted by molar-refractivity contribution is -0.158. The van der Waals surface area contributed by atoms with Gasteiger partial charge in [-0.2, -0.15) is 0 Å². The molecule has 8 nitrogen and oxygen atoms in total. The van der Waals surface area contributed by atoms with E-state index in [9.17, 15) is 24.3 Å². The average Bonchev–Trinajstić information content (AvgIpc) is 3.01. The summed E-state index contributed by atoms with van der Waals surface area (Å²) in [5.41, 5.74) is 6.01.